The molecule has 2 aromatic heterocycles. The van der Waals surface area contributed by atoms with Crippen LogP contribution in [0.25, 0.3) is 11.0 Å². The summed E-state index contributed by atoms with van der Waals surface area (Å²) in [5, 5.41) is 3.41. The van der Waals surface area contributed by atoms with Crippen LogP contribution in [0.15, 0.2) is 24.5 Å². The van der Waals surface area contributed by atoms with E-state index in [1.165, 1.54) is 23.0 Å². The second-order valence-electron chi connectivity index (χ2n) is 4.26. The van der Waals surface area contributed by atoms with Gasteiger partial charge in [0.2, 0.25) is 0 Å². The third-order valence-electron chi connectivity index (χ3n) is 3.27. The molecule has 3 nitrogen and oxygen atoms in total. The van der Waals surface area contributed by atoms with Gasteiger partial charge >= 0.3 is 0 Å². The Bertz CT molecular complexity index is 481. The Morgan fingerprint density at radius 2 is 2.47 bits per heavy atom. The number of rotatable bonds is 1. The van der Waals surface area contributed by atoms with Crippen molar-refractivity contribution in [3.05, 3.63) is 30.1 Å². The minimum absolute atomic E-state index is 0.642. The van der Waals surface area contributed by atoms with E-state index in [-0.39, 0.29) is 0 Å². The lowest BCUT2D eigenvalue weighted by molar-refractivity contribution is 0.762. The molecule has 0 spiro atoms. The Balaban J connectivity index is 2.17. The fourth-order valence-electron chi connectivity index (χ4n) is 2.46. The van der Waals surface area contributed by atoms with Gasteiger partial charge in [0.25, 0.3) is 0 Å². The van der Waals surface area contributed by atoms with Gasteiger partial charge in [0.05, 0.1) is 11.0 Å². The highest BCUT2D eigenvalue weighted by atomic mass is 15.0. The maximum absolute atomic E-state index is 4.50. The van der Waals surface area contributed by atoms with Gasteiger partial charge in [-0.2, -0.15) is 0 Å². The molecule has 2 aromatic rings. The van der Waals surface area contributed by atoms with Gasteiger partial charge in [-0.15, -0.1) is 0 Å². The molecule has 1 aliphatic rings. The molecule has 0 saturated carbocycles. The lowest BCUT2D eigenvalue weighted by Gasteiger charge is -2.04. The first-order valence-electron chi connectivity index (χ1n) is 5.47. The summed E-state index contributed by atoms with van der Waals surface area (Å²) in [5.74, 6) is 0.642. The number of nitrogens with zero attached hydrogens (tertiary/aromatic N) is 2. The number of nitrogens with one attached hydrogen (secondary N) is 1. The summed E-state index contributed by atoms with van der Waals surface area (Å²) >= 11 is 0. The van der Waals surface area contributed by atoms with Crippen LogP contribution in [-0.4, -0.2) is 22.6 Å². The van der Waals surface area contributed by atoms with Crippen molar-refractivity contribution in [2.75, 3.05) is 13.1 Å². The van der Waals surface area contributed by atoms with Gasteiger partial charge < -0.3 is 9.88 Å². The van der Waals surface area contributed by atoms with Crippen molar-refractivity contribution >= 4 is 11.0 Å². The average Bonchev–Trinajstić information content (AvgIpc) is 2.87. The monoisotopic (exact) mass is 201 g/mol. The van der Waals surface area contributed by atoms with E-state index in [0.717, 1.165) is 13.1 Å². The van der Waals surface area contributed by atoms with Crippen molar-refractivity contribution in [2.24, 2.45) is 7.05 Å². The molecule has 0 bridgehead atoms. The maximum atomic E-state index is 4.50. The lowest BCUT2D eigenvalue weighted by Crippen LogP contribution is -2.07. The first-order chi connectivity index (χ1) is 7.36. The molecule has 0 aliphatic carbocycles. The highest BCUT2D eigenvalue weighted by molar-refractivity contribution is 5.80. The van der Waals surface area contributed by atoms with E-state index in [1.54, 1.807) is 0 Å². The third kappa shape index (κ3) is 1.35. The second kappa shape index (κ2) is 3.35. The number of aryl methyl sites for hydroxylation is 1. The molecule has 1 unspecified atom stereocenters. The maximum Gasteiger partial charge on any atom is 0.0916 e. The van der Waals surface area contributed by atoms with Gasteiger partial charge in [-0.25, -0.2) is 0 Å². The Hall–Kier alpha value is -1.35. The lowest BCUT2D eigenvalue weighted by atomic mass is 10.0. The molecule has 1 saturated heterocycles. The summed E-state index contributed by atoms with van der Waals surface area (Å²) in [6.07, 6.45) is 5.35. The molecule has 1 aliphatic heterocycles. The molecule has 3 heteroatoms. The molecule has 0 radical (unpaired) electrons. The molecule has 0 aromatic carbocycles. The smallest absolute Gasteiger partial charge is 0.0916 e. The van der Waals surface area contributed by atoms with Gasteiger partial charge in [0, 0.05) is 37.5 Å². The number of hydrogen-bond acceptors (Lipinski definition) is 2. The predicted octanol–water partition coefficient (Wildman–Crippen LogP) is 1.65. The van der Waals surface area contributed by atoms with Crippen LogP contribution in [0, 0.1) is 0 Å². The van der Waals surface area contributed by atoms with Crippen molar-refractivity contribution in [2.45, 2.75) is 12.3 Å². The summed E-state index contributed by atoms with van der Waals surface area (Å²) in [6, 6.07) is 4.13. The Labute approximate surface area is 89.1 Å². The molecule has 78 valence electrons. The number of pyridine rings is 1. The topological polar surface area (TPSA) is 29.9 Å². The van der Waals surface area contributed by atoms with Gasteiger partial charge in [0.1, 0.15) is 0 Å². The fraction of sp³-hybridized carbons (Fsp3) is 0.417. The molecule has 15 heavy (non-hydrogen) atoms. The molecular formula is C12H15N3. The van der Waals surface area contributed by atoms with Crippen LogP contribution in [-0.2, 0) is 7.05 Å². The van der Waals surface area contributed by atoms with Crippen LogP contribution in [0.1, 0.15) is 17.9 Å². The first kappa shape index (κ1) is 8.92. The van der Waals surface area contributed by atoms with Crippen molar-refractivity contribution < 1.29 is 0 Å². The molecule has 3 rings (SSSR count). The number of hydrogen-bond donors (Lipinski definition) is 1. The van der Waals surface area contributed by atoms with E-state index in [4.69, 9.17) is 0 Å². The fourth-order valence-corrected chi connectivity index (χ4v) is 2.46. The number of aromatic nitrogens is 2. The van der Waals surface area contributed by atoms with Crippen LogP contribution < -0.4 is 5.32 Å². The van der Waals surface area contributed by atoms with E-state index in [1.807, 2.05) is 12.3 Å². The largest absolute Gasteiger partial charge is 0.349 e. The van der Waals surface area contributed by atoms with Gasteiger partial charge in [-0.1, -0.05) is 0 Å². The van der Waals surface area contributed by atoms with Crippen molar-refractivity contribution in [3.63, 3.8) is 0 Å². The average molecular weight is 201 g/mol. The summed E-state index contributed by atoms with van der Waals surface area (Å²) < 4.78 is 2.18. The Morgan fingerprint density at radius 3 is 3.27 bits per heavy atom. The van der Waals surface area contributed by atoms with Crippen LogP contribution in [0.4, 0.5) is 0 Å². The standard InChI is InChI=1S/C12H15N3/c1-15-8-10(9-4-6-13-7-9)12-11(15)3-2-5-14-12/h2-3,5,8-9,13H,4,6-7H2,1H3. The van der Waals surface area contributed by atoms with Crippen molar-refractivity contribution in [1.82, 2.24) is 14.9 Å². The quantitative estimate of drug-likeness (QED) is 0.760. The van der Waals surface area contributed by atoms with Gasteiger partial charge in [-0.3, -0.25) is 4.98 Å². The van der Waals surface area contributed by atoms with Crippen LogP contribution in [0.5, 0.6) is 0 Å². The SMILES string of the molecule is Cn1cc(C2CCNC2)c2ncccc21. The van der Waals surface area contributed by atoms with Crippen LogP contribution in [0.3, 0.4) is 0 Å². The minimum atomic E-state index is 0.642. The normalized spacial score (nSPS) is 21.3. The Morgan fingerprint density at radius 1 is 1.53 bits per heavy atom. The molecule has 3 heterocycles. The first-order valence-corrected chi connectivity index (χ1v) is 5.47. The van der Waals surface area contributed by atoms with Crippen molar-refractivity contribution in [1.29, 1.82) is 0 Å². The van der Waals surface area contributed by atoms with Crippen molar-refractivity contribution in [3.8, 4) is 0 Å². The van der Waals surface area contributed by atoms with E-state index in [9.17, 15) is 0 Å². The summed E-state index contributed by atoms with van der Waals surface area (Å²) in [4.78, 5) is 4.50. The molecule has 1 fully saturated rings. The molecule has 0 amide bonds. The van der Waals surface area contributed by atoms with E-state index in [2.05, 4.69) is 34.2 Å². The zero-order valence-corrected chi connectivity index (χ0v) is 8.90. The second-order valence-corrected chi connectivity index (χ2v) is 4.26. The highest BCUT2D eigenvalue weighted by Crippen LogP contribution is 2.29. The van der Waals surface area contributed by atoms with Gasteiger partial charge in [-0.05, 0) is 25.1 Å². The third-order valence-corrected chi connectivity index (χ3v) is 3.27. The van der Waals surface area contributed by atoms with Crippen LogP contribution in [0.2, 0.25) is 0 Å². The van der Waals surface area contributed by atoms with E-state index in [0.29, 0.717) is 5.92 Å². The van der Waals surface area contributed by atoms with Gasteiger partial charge in [0.15, 0.2) is 0 Å². The minimum Gasteiger partial charge on any atom is -0.349 e. The number of fused-ring (bicyclic) bond motifs is 1. The van der Waals surface area contributed by atoms with Crippen LogP contribution >= 0.6 is 0 Å². The van der Waals surface area contributed by atoms with E-state index >= 15 is 0 Å². The summed E-state index contributed by atoms with van der Waals surface area (Å²) in [7, 11) is 2.09. The molecule has 1 atom stereocenters. The zero-order chi connectivity index (χ0) is 10.3. The summed E-state index contributed by atoms with van der Waals surface area (Å²) in [5.41, 5.74) is 3.81. The predicted molar refractivity (Wildman–Crippen MR) is 60.9 cm³/mol. The highest BCUT2D eigenvalue weighted by Gasteiger charge is 2.21. The Kier molecular flexibility index (Phi) is 1.99. The zero-order valence-electron chi connectivity index (χ0n) is 8.90. The van der Waals surface area contributed by atoms with E-state index < -0.39 is 0 Å². The molecular weight excluding hydrogens is 186 g/mol. The summed E-state index contributed by atoms with van der Waals surface area (Å²) in [6.45, 7) is 2.23. The molecule has 1 N–H and O–H groups in total.